The van der Waals surface area contributed by atoms with Crippen molar-refractivity contribution >= 4 is 15.7 Å². The van der Waals surface area contributed by atoms with Gasteiger partial charge in [-0.2, -0.15) is 27.3 Å². The Hall–Kier alpha value is -3.38. The highest BCUT2D eigenvalue weighted by Gasteiger charge is 2.32. The summed E-state index contributed by atoms with van der Waals surface area (Å²) in [6.45, 7) is 3.44. The lowest BCUT2D eigenvalue weighted by Gasteiger charge is -2.35. The zero-order chi connectivity index (χ0) is 29.5. The summed E-state index contributed by atoms with van der Waals surface area (Å²) in [7, 11) is -3.76. The predicted octanol–water partition coefficient (Wildman–Crippen LogP) is 5.25. The topological polar surface area (TPSA) is 84.7 Å². The number of anilines is 1. The molecule has 2 aromatic carbocycles. The highest BCUT2D eigenvalue weighted by atomic mass is 32.2. The number of piperazine rings is 1. The minimum Gasteiger partial charge on any atom is -0.486 e. The third kappa shape index (κ3) is 7.88. The van der Waals surface area contributed by atoms with E-state index in [1.165, 1.54) is 21.1 Å². The van der Waals surface area contributed by atoms with E-state index >= 15 is 0 Å². The standard InChI is InChI=1S/C29H35F3N4O4S/c1-2-3-4-5-9-20-40-27-26(21-33-36(28(27)37)25-10-7-6-8-11-25)34-16-18-35(19-17-34)41(38,39)22-23-12-14-24(15-13-23)29(30,31)32/h6-8,10-15,21H,2-5,9,16-20,22H2,1H3. The summed E-state index contributed by atoms with van der Waals surface area (Å²) in [6, 6.07) is 13.2. The van der Waals surface area contributed by atoms with Crippen LogP contribution in [-0.2, 0) is 22.0 Å². The monoisotopic (exact) mass is 592 g/mol. The zero-order valence-electron chi connectivity index (χ0n) is 23.0. The molecular formula is C29H35F3N4O4S. The summed E-state index contributed by atoms with van der Waals surface area (Å²) in [6.07, 6.45) is 2.27. The Balaban J connectivity index is 1.47. The second-order valence-electron chi connectivity index (χ2n) is 10.0. The van der Waals surface area contributed by atoms with Gasteiger partial charge in [0.15, 0.2) is 0 Å². The number of sulfonamides is 1. The molecule has 4 rings (SSSR count). The molecule has 8 nitrogen and oxygen atoms in total. The number of rotatable bonds is 12. The van der Waals surface area contributed by atoms with Gasteiger partial charge in [0, 0.05) is 26.2 Å². The van der Waals surface area contributed by atoms with Gasteiger partial charge in [-0.15, -0.1) is 0 Å². The van der Waals surface area contributed by atoms with Crippen molar-refractivity contribution in [2.24, 2.45) is 0 Å². The highest BCUT2D eigenvalue weighted by Crippen LogP contribution is 2.30. The fourth-order valence-corrected chi connectivity index (χ4v) is 6.24. The number of ether oxygens (including phenoxy) is 1. The number of aromatic nitrogens is 2. The van der Waals surface area contributed by atoms with E-state index in [4.69, 9.17) is 4.74 Å². The first-order chi connectivity index (χ1) is 19.6. The van der Waals surface area contributed by atoms with Crippen LogP contribution < -0.4 is 15.2 Å². The Morgan fingerprint density at radius 2 is 1.56 bits per heavy atom. The predicted molar refractivity (Wildman–Crippen MR) is 152 cm³/mol. The molecule has 0 amide bonds. The molecule has 1 aliphatic rings. The number of hydrogen-bond acceptors (Lipinski definition) is 6. The van der Waals surface area contributed by atoms with Crippen molar-refractivity contribution in [3.05, 3.63) is 82.3 Å². The molecule has 0 bridgehead atoms. The van der Waals surface area contributed by atoms with E-state index < -0.39 is 27.5 Å². The Labute approximate surface area is 238 Å². The first-order valence-electron chi connectivity index (χ1n) is 13.8. The first kappa shape index (κ1) is 30.6. The van der Waals surface area contributed by atoms with Crippen LogP contribution in [0.4, 0.5) is 18.9 Å². The Morgan fingerprint density at radius 3 is 2.20 bits per heavy atom. The van der Waals surface area contributed by atoms with Crippen LogP contribution in [0.5, 0.6) is 5.75 Å². The third-order valence-electron chi connectivity index (χ3n) is 7.01. The van der Waals surface area contributed by atoms with Crippen molar-refractivity contribution in [3.63, 3.8) is 0 Å². The van der Waals surface area contributed by atoms with E-state index in [1.807, 2.05) is 23.1 Å². The van der Waals surface area contributed by atoms with Gasteiger partial charge in [-0.3, -0.25) is 4.79 Å². The van der Waals surface area contributed by atoms with Gasteiger partial charge >= 0.3 is 11.7 Å². The average molecular weight is 593 g/mol. The maximum Gasteiger partial charge on any atom is 0.416 e. The van der Waals surface area contributed by atoms with E-state index in [9.17, 15) is 26.4 Å². The molecule has 41 heavy (non-hydrogen) atoms. The van der Waals surface area contributed by atoms with Crippen molar-refractivity contribution in [2.45, 2.75) is 51.0 Å². The average Bonchev–Trinajstić information content (AvgIpc) is 2.95. The summed E-state index contributed by atoms with van der Waals surface area (Å²) in [5, 5.41) is 4.37. The maximum absolute atomic E-state index is 13.5. The normalized spacial score (nSPS) is 14.8. The van der Waals surface area contributed by atoms with Gasteiger partial charge in [0.2, 0.25) is 15.8 Å². The summed E-state index contributed by atoms with van der Waals surface area (Å²) in [5.74, 6) is -0.216. The number of unbranched alkanes of at least 4 members (excludes halogenated alkanes) is 4. The largest absolute Gasteiger partial charge is 0.486 e. The van der Waals surface area contributed by atoms with Crippen LogP contribution in [0.15, 0.2) is 65.6 Å². The number of halogens is 3. The van der Waals surface area contributed by atoms with Gasteiger partial charge in [-0.1, -0.05) is 62.9 Å². The lowest BCUT2D eigenvalue weighted by atomic mass is 10.1. The molecule has 0 radical (unpaired) electrons. The van der Waals surface area contributed by atoms with E-state index in [0.29, 0.717) is 31.1 Å². The zero-order valence-corrected chi connectivity index (χ0v) is 23.8. The molecule has 0 unspecified atom stereocenters. The van der Waals surface area contributed by atoms with Crippen molar-refractivity contribution in [3.8, 4) is 11.4 Å². The molecule has 1 aromatic heterocycles. The molecule has 0 atom stereocenters. The molecule has 0 aliphatic carbocycles. The van der Waals surface area contributed by atoms with Crippen LogP contribution in [-0.4, -0.2) is 55.3 Å². The number of nitrogens with zero attached hydrogens (tertiary/aromatic N) is 4. The van der Waals surface area contributed by atoms with Crippen LogP contribution in [0, 0.1) is 0 Å². The SMILES string of the molecule is CCCCCCCOc1c(N2CCN(S(=O)(=O)Cc3ccc(C(F)(F)F)cc3)CC2)cnn(-c2ccccc2)c1=O. The summed E-state index contributed by atoms with van der Waals surface area (Å²) < 4.78 is 73.3. The molecular weight excluding hydrogens is 557 g/mol. The Morgan fingerprint density at radius 1 is 0.902 bits per heavy atom. The number of benzene rings is 2. The second kappa shape index (κ2) is 13.5. The Bertz CT molecular complexity index is 1440. The fourth-order valence-electron chi connectivity index (χ4n) is 4.72. The van der Waals surface area contributed by atoms with Crippen molar-refractivity contribution in [2.75, 3.05) is 37.7 Å². The molecule has 0 spiro atoms. The second-order valence-corrected chi connectivity index (χ2v) is 12.0. The third-order valence-corrected chi connectivity index (χ3v) is 8.86. The lowest BCUT2D eigenvalue weighted by molar-refractivity contribution is -0.137. The van der Waals surface area contributed by atoms with Crippen LogP contribution in [0.3, 0.4) is 0 Å². The summed E-state index contributed by atoms with van der Waals surface area (Å²) in [5.41, 5.74) is 0.184. The molecule has 1 fully saturated rings. The summed E-state index contributed by atoms with van der Waals surface area (Å²) in [4.78, 5) is 15.4. The fraction of sp³-hybridized carbons (Fsp3) is 0.448. The molecule has 12 heteroatoms. The van der Waals surface area contributed by atoms with Gasteiger partial charge in [0.1, 0.15) is 5.69 Å². The van der Waals surface area contributed by atoms with Crippen molar-refractivity contribution < 1.29 is 26.3 Å². The van der Waals surface area contributed by atoms with E-state index in [-0.39, 0.29) is 30.0 Å². The first-order valence-corrected chi connectivity index (χ1v) is 15.4. The van der Waals surface area contributed by atoms with E-state index in [0.717, 1.165) is 44.2 Å². The minimum atomic E-state index is -4.48. The van der Waals surface area contributed by atoms with Gasteiger partial charge in [-0.05, 0) is 36.2 Å². The number of alkyl halides is 3. The van der Waals surface area contributed by atoms with Gasteiger partial charge in [0.25, 0.3) is 0 Å². The molecule has 2 heterocycles. The number of hydrogen-bond donors (Lipinski definition) is 0. The van der Waals surface area contributed by atoms with Crippen LogP contribution in [0.25, 0.3) is 5.69 Å². The summed E-state index contributed by atoms with van der Waals surface area (Å²) >= 11 is 0. The van der Waals surface area contributed by atoms with Gasteiger partial charge < -0.3 is 9.64 Å². The molecule has 222 valence electrons. The Kier molecular flexibility index (Phi) is 10.1. The van der Waals surface area contributed by atoms with Crippen molar-refractivity contribution in [1.82, 2.24) is 14.1 Å². The maximum atomic E-state index is 13.5. The van der Waals surface area contributed by atoms with Gasteiger partial charge in [-0.25, -0.2) is 8.42 Å². The molecule has 3 aromatic rings. The van der Waals surface area contributed by atoms with E-state index in [1.54, 1.807) is 18.3 Å². The molecule has 1 saturated heterocycles. The van der Waals surface area contributed by atoms with Crippen LogP contribution in [0.2, 0.25) is 0 Å². The minimum absolute atomic E-state index is 0.154. The van der Waals surface area contributed by atoms with Crippen LogP contribution >= 0.6 is 0 Å². The van der Waals surface area contributed by atoms with Crippen molar-refractivity contribution in [1.29, 1.82) is 0 Å². The quantitative estimate of drug-likeness (QED) is 0.267. The van der Waals surface area contributed by atoms with Crippen LogP contribution in [0.1, 0.15) is 50.2 Å². The smallest absolute Gasteiger partial charge is 0.416 e. The lowest BCUT2D eigenvalue weighted by Crippen LogP contribution is -2.49. The van der Waals surface area contributed by atoms with Gasteiger partial charge in [0.05, 0.1) is 29.8 Å². The molecule has 1 aliphatic heterocycles. The molecule has 0 saturated carbocycles. The number of para-hydroxylation sites is 1. The molecule has 0 N–H and O–H groups in total. The van der Waals surface area contributed by atoms with E-state index in [2.05, 4.69) is 12.0 Å². The highest BCUT2D eigenvalue weighted by molar-refractivity contribution is 7.88.